The van der Waals surface area contributed by atoms with E-state index in [1.807, 2.05) is 17.9 Å². The number of amides is 3. The van der Waals surface area contributed by atoms with Crippen LogP contribution in [-0.4, -0.2) is 48.8 Å². The molecule has 8 nitrogen and oxygen atoms in total. The molecule has 0 saturated carbocycles. The molecule has 8 heteroatoms. The molecule has 27 heavy (non-hydrogen) atoms. The number of morpholine rings is 1. The average Bonchev–Trinajstić information content (AvgIpc) is 2.59. The van der Waals surface area contributed by atoms with E-state index in [4.69, 9.17) is 10.5 Å². The standard InChI is InChI=1S/C19H23N3O5/c1-10-8-22-15-5-4-13(11(2)24)6-14(15)7-19(17(20)25,18(26)21-9-23)16(22)12(3)27-10/h4-6,9-10,12,16H,7-8H2,1-3H3,(H2,20,25)(H,21,23,26)/t10-,12+,16-,19-/m0/s1. The van der Waals surface area contributed by atoms with Crippen LogP contribution in [0.2, 0.25) is 0 Å². The highest BCUT2D eigenvalue weighted by Crippen LogP contribution is 2.45. The molecule has 1 saturated heterocycles. The van der Waals surface area contributed by atoms with Gasteiger partial charge in [-0.15, -0.1) is 0 Å². The van der Waals surface area contributed by atoms with E-state index >= 15 is 0 Å². The number of ketones is 1. The summed E-state index contributed by atoms with van der Waals surface area (Å²) in [6.07, 6.45) is -0.369. The van der Waals surface area contributed by atoms with Gasteiger partial charge in [0.2, 0.25) is 18.2 Å². The number of carbonyl (C=O) groups is 4. The summed E-state index contributed by atoms with van der Waals surface area (Å²) in [5.41, 5.74) is 6.02. The van der Waals surface area contributed by atoms with Gasteiger partial charge < -0.3 is 15.4 Å². The van der Waals surface area contributed by atoms with Crippen LogP contribution in [0.1, 0.15) is 36.7 Å². The van der Waals surface area contributed by atoms with E-state index in [2.05, 4.69) is 5.32 Å². The van der Waals surface area contributed by atoms with Crippen LogP contribution in [-0.2, 0) is 25.5 Å². The van der Waals surface area contributed by atoms with Crippen molar-refractivity contribution >= 4 is 29.7 Å². The molecule has 3 amide bonds. The summed E-state index contributed by atoms with van der Waals surface area (Å²) in [5, 5.41) is 2.10. The van der Waals surface area contributed by atoms with Crippen molar-refractivity contribution in [2.24, 2.45) is 11.1 Å². The van der Waals surface area contributed by atoms with Crippen molar-refractivity contribution in [3.63, 3.8) is 0 Å². The van der Waals surface area contributed by atoms with Gasteiger partial charge in [0.05, 0.1) is 18.2 Å². The van der Waals surface area contributed by atoms with Crippen molar-refractivity contribution < 1.29 is 23.9 Å². The molecule has 2 aliphatic heterocycles. The zero-order chi connectivity index (χ0) is 19.9. The molecule has 3 rings (SSSR count). The number of nitrogens with zero attached hydrogens (tertiary/aromatic N) is 1. The lowest BCUT2D eigenvalue weighted by molar-refractivity contribution is -0.151. The SMILES string of the molecule is CC(=O)c1ccc2c(c1)C[C@](C(N)=O)(C(=O)NC=O)[C@@H]1[C@@H](C)O[C@@H](C)CN21. The minimum Gasteiger partial charge on any atom is -0.372 e. The van der Waals surface area contributed by atoms with E-state index in [0.717, 1.165) is 5.69 Å². The molecule has 3 N–H and O–H groups in total. The monoisotopic (exact) mass is 373 g/mol. The number of hydrogen-bond acceptors (Lipinski definition) is 6. The maximum Gasteiger partial charge on any atom is 0.244 e. The number of fused-ring (bicyclic) bond motifs is 3. The van der Waals surface area contributed by atoms with Crippen molar-refractivity contribution in [3.8, 4) is 0 Å². The smallest absolute Gasteiger partial charge is 0.244 e. The fourth-order valence-electron chi connectivity index (χ4n) is 4.42. The first-order chi connectivity index (χ1) is 12.7. The summed E-state index contributed by atoms with van der Waals surface area (Å²) >= 11 is 0. The van der Waals surface area contributed by atoms with E-state index < -0.39 is 29.4 Å². The highest BCUT2D eigenvalue weighted by molar-refractivity contribution is 6.09. The number of carbonyl (C=O) groups excluding carboxylic acids is 4. The Bertz CT molecular complexity index is 824. The topological polar surface area (TPSA) is 119 Å². The Balaban J connectivity index is 2.24. The van der Waals surface area contributed by atoms with Crippen LogP contribution in [0.3, 0.4) is 0 Å². The lowest BCUT2D eigenvalue weighted by atomic mass is 9.67. The van der Waals surface area contributed by atoms with Crippen LogP contribution in [0.5, 0.6) is 0 Å². The molecule has 4 atom stereocenters. The molecule has 0 unspecified atom stereocenters. The number of nitrogens with two attached hydrogens (primary N) is 1. The number of hydrogen-bond donors (Lipinski definition) is 2. The molecule has 0 spiro atoms. The van der Waals surface area contributed by atoms with Gasteiger partial charge in [-0.2, -0.15) is 0 Å². The van der Waals surface area contributed by atoms with Gasteiger partial charge in [0.25, 0.3) is 0 Å². The Kier molecular flexibility index (Phi) is 4.77. The summed E-state index contributed by atoms with van der Waals surface area (Å²) in [6.45, 7) is 5.59. The number of nitrogens with one attached hydrogen (secondary N) is 1. The fraction of sp³-hybridized carbons (Fsp3) is 0.474. The first-order valence-electron chi connectivity index (χ1n) is 8.82. The Morgan fingerprint density at radius 3 is 2.63 bits per heavy atom. The number of ether oxygens (including phenoxy) is 1. The molecule has 0 aromatic heterocycles. The predicted molar refractivity (Wildman–Crippen MR) is 97.1 cm³/mol. The first kappa shape index (κ1) is 19.0. The van der Waals surface area contributed by atoms with Gasteiger partial charge in [0.1, 0.15) is 0 Å². The second-order valence-electron chi connectivity index (χ2n) is 7.25. The second-order valence-corrected chi connectivity index (χ2v) is 7.25. The third kappa shape index (κ3) is 2.90. The van der Waals surface area contributed by atoms with Crippen molar-refractivity contribution in [1.29, 1.82) is 0 Å². The van der Waals surface area contributed by atoms with E-state index in [1.165, 1.54) is 6.92 Å². The average molecular weight is 373 g/mol. The Morgan fingerprint density at radius 2 is 2.04 bits per heavy atom. The molecule has 1 aromatic rings. The van der Waals surface area contributed by atoms with Crippen molar-refractivity contribution in [1.82, 2.24) is 5.32 Å². The van der Waals surface area contributed by atoms with Crippen LogP contribution in [0.4, 0.5) is 5.69 Å². The molecule has 0 bridgehead atoms. The molecule has 0 radical (unpaired) electrons. The largest absolute Gasteiger partial charge is 0.372 e. The number of rotatable bonds is 4. The zero-order valence-electron chi connectivity index (χ0n) is 15.5. The molecule has 1 aromatic carbocycles. The van der Waals surface area contributed by atoms with Gasteiger partial charge >= 0.3 is 0 Å². The first-order valence-corrected chi connectivity index (χ1v) is 8.82. The normalized spacial score (nSPS) is 29.3. The second kappa shape index (κ2) is 6.77. The number of imide groups is 1. The number of primary amides is 1. The van der Waals surface area contributed by atoms with Gasteiger partial charge in [-0.3, -0.25) is 24.5 Å². The molecule has 2 aliphatic rings. The summed E-state index contributed by atoms with van der Waals surface area (Å²) in [6, 6.07) is 4.57. The van der Waals surface area contributed by atoms with E-state index in [1.54, 1.807) is 19.1 Å². The maximum atomic E-state index is 12.9. The third-order valence-corrected chi connectivity index (χ3v) is 5.49. The van der Waals surface area contributed by atoms with E-state index in [9.17, 15) is 19.2 Å². The van der Waals surface area contributed by atoms with Crippen LogP contribution < -0.4 is 16.0 Å². The van der Waals surface area contributed by atoms with Gasteiger partial charge in [0, 0.05) is 17.8 Å². The lowest BCUT2D eigenvalue weighted by Gasteiger charge is -2.54. The summed E-state index contributed by atoms with van der Waals surface area (Å²) in [7, 11) is 0. The van der Waals surface area contributed by atoms with Gasteiger partial charge in [0.15, 0.2) is 11.2 Å². The summed E-state index contributed by atoms with van der Waals surface area (Å²) in [4.78, 5) is 50.2. The Labute approximate surface area is 157 Å². The molecule has 0 aliphatic carbocycles. The molecular weight excluding hydrogens is 350 g/mol. The van der Waals surface area contributed by atoms with E-state index in [-0.39, 0.29) is 24.7 Å². The number of Topliss-reactive ketones (excluding diaryl/α,β-unsaturated/α-hetero) is 1. The van der Waals surface area contributed by atoms with Crippen molar-refractivity contribution in [2.75, 3.05) is 11.4 Å². The van der Waals surface area contributed by atoms with Crippen LogP contribution >= 0.6 is 0 Å². The van der Waals surface area contributed by atoms with Crippen molar-refractivity contribution in [2.45, 2.75) is 45.4 Å². The van der Waals surface area contributed by atoms with Crippen LogP contribution in [0.25, 0.3) is 0 Å². The lowest BCUT2D eigenvalue weighted by Crippen LogP contribution is -2.71. The quantitative estimate of drug-likeness (QED) is 0.441. The predicted octanol–water partition coefficient (Wildman–Crippen LogP) is 0.172. The van der Waals surface area contributed by atoms with Gasteiger partial charge in [-0.05, 0) is 51.0 Å². The van der Waals surface area contributed by atoms with E-state index in [0.29, 0.717) is 17.7 Å². The van der Waals surface area contributed by atoms with Crippen LogP contribution in [0, 0.1) is 5.41 Å². The molecular formula is C19H23N3O5. The van der Waals surface area contributed by atoms with Gasteiger partial charge in [-0.25, -0.2) is 0 Å². The van der Waals surface area contributed by atoms with Crippen molar-refractivity contribution in [3.05, 3.63) is 29.3 Å². The Hall–Kier alpha value is -2.74. The molecule has 144 valence electrons. The number of anilines is 1. The maximum absolute atomic E-state index is 12.9. The third-order valence-electron chi connectivity index (χ3n) is 5.49. The van der Waals surface area contributed by atoms with Gasteiger partial charge in [-0.1, -0.05) is 0 Å². The fourth-order valence-corrected chi connectivity index (χ4v) is 4.42. The highest BCUT2D eigenvalue weighted by atomic mass is 16.5. The number of benzene rings is 1. The molecule has 2 heterocycles. The zero-order valence-corrected chi connectivity index (χ0v) is 15.5. The Morgan fingerprint density at radius 1 is 1.33 bits per heavy atom. The minimum atomic E-state index is -1.69. The van der Waals surface area contributed by atoms with Crippen LogP contribution in [0.15, 0.2) is 18.2 Å². The molecule has 1 fully saturated rings. The minimum absolute atomic E-state index is 0.0122. The highest BCUT2D eigenvalue weighted by Gasteiger charge is 2.59. The summed E-state index contributed by atoms with van der Waals surface area (Å²) < 4.78 is 5.89. The summed E-state index contributed by atoms with van der Waals surface area (Å²) in [5.74, 6) is -1.71.